The molecule has 1 aromatic rings. The van der Waals surface area contributed by atoms with E-state index >= 15 is 0 Å². The molecule has 94 valence electrons. The quantitative estimate of drug-likeness (QED) is 0.860. The van der Waals surface area contributed by atoms with Crippen molar-refractivity contribution in [2.45, 2.75) is 38.6 Å². The van der Waals surface area contributed by atoms with Crippen molar-refractivity contribution >= 4 is 15.9 Å². The molecule has 0 aliphatic heterocycles. The summed E-state index contributed by atoms with van der Waals surface area (Å²) in [5, 5.41) is 0. The van der Waals surface area contributed by atoms with E-state index in [-0.39, 0.29) is 11.9 Å². The Kier molecular flexibility index (Phi) is 4.21. The normalized spacial score (nSPS) is 26.8. The van der Waals surface area contributed by atoms with Gasteiger partial charge in [0, 0.05) is 11.6 Å². The van der Waals surface area contributed by atoms with Gasteiger partial charge in [-0.05, 0) is 46.7 Å². The molecule has 3 heteroatoms. The Morgan fingerprint density at radius 2 is 1.94 bits per heavy atom. The highest BCUT2D eigenvalue weighted by atomic mass is 79.9. The van der Waals surface area contributed by atoms with Gasteiger partial charge in [-0.25, -0.2) is 4.39 Å². The fourth-order valence-electron chi connectivity index (χ4n) is 2.68. The van der Waals surface area contributed by atoms with Crippen LogP contribution in [0.1, 0.15) is 44.2 Å². The molecule has 0 radical (unpaired) electrons. The molecule has 17 heavy (non-hydrogen) atoms. The smallest absolute Gasteiger partial charge is 0.142 e. The fraction of sp³-hybridized carbons (Fsp3) is 0.571. The lowest BCUT2D eigenvalue weighted by Gasteiger charge is -2.31. The first-order valence-corrected chi connectivity index (χ1v) is 7.08. The van der Waals surface area contributed by atoms with Crippen LogP contribution < -0.4 is 5.73 Å². The monoisotopic (exact) mass is 299 g/mol. The van der Waals surface area contributed by atoms with Gasteiger partial charge in [0.15, 0.2) is 0 Å². The largest absolute Gasteiger partial charge is 0.324 e. The molecule has 0 amide bonds. The second-order valence-corrected chi connectivity index (χ2v) is 6.04. The van der Waals surface area contributed by atoms with E-state index in [9.17, 15) is 4.39 Å². The van der Waals surface area contributed by atoms with Crippen molar-refractivity contribution in [3.8, 4) is 0 Å². The first-order chi connectivity index (χ1) is 8.09. The van der Waals surface area contributed by atoms with Crippen LogP contribution in [0.4, 0.5) is 4.39 Å². The maximum Gasteiger partial charge on any atom is 0.142 e. The van der Waals surface area contributed by atoms with Crippen molar-refractivity contribution in [3.05, 3.63) is 34.1 Å². The molecule has 1 atom stereocenters. The molecule has 1 saturated carbocycles. The number of rotatable bonds is 2. The molecule has 0 aromatic heterocycles. The third-order valence-corrected chi connectivity index (χ3v) is 4.52. The topological polar surface area (TPSA) is 26.0 Å². The van der Waals surface area contributed by atoms with Gasteiger partial charge in [-0.3, -0.25) is 0 Å². The van der Waals surface area contributed by atoms with Crippen LogP contribution in [0.25, 0.3) is 0 Å². The van der Waals surface area contributed by atoms with Crippen LogP contribution in [0.3, 0.4) is 0 Å². The van der Waals surface area contributed by atoms with Crippen molar-refractivity contribution in [2.75, 3.05) is 0 Å². The molecule has 1 aliphatic carbocycles. The predicted molar refractivity (Wildman–Crippen MR) is 72.2 cm³/mol. The molecule has 1 aromatic carbocycles. The number of nitrogens with two attached hydrogens (primary N) is 1. The first-order valence-electron chi connectivity index (χ1n) is 6.29. The minimum absolute atomic E-state index is 0.167. The molecule has 1 fully saturated rings. The Bertz CT molecular complexity index is 386. The number of hydrogen-bond donors (Lipinski definition) is 1. The van der Waals surface area contributed by atoms with Crippen LogP contribution in [-0.4, -0.2) is 0 Å². The minimum atomic E-state index is -0.196. The van der Waals surface area contributed by atoms with Crippen molar-refractivity contribution in [1.82, 2.24) is 0 Å². The van der Waals surface area contributed by atoms with Gasteiger partial charge in [0.2, 0.25) is 0 Å². The number of benzene rings is 1. The predicted octanol–water partition coefficient (Wildman–Crippen LogP) is 4.41. The van der Waals surface area contributed by atoms with Crippen molar-refractivity contribution in [2.24, 2.45) is 17.6 Å². The van der Waals surface area contributed by atoms with E-state index in [1.807, 2.05) is 12.1 Å². The van der Waals surface area contributed by atoms with Crippen LogP contribution in [0.5, 0.6) is 0 Å². The highest BCUT2D eigenvalue weighted by Crippen LogP contribution is 2.37. The van der Waals surface area contributed by atoms with Crippen LogP contribution in [0, 0.1) is 17.7 Å². The van der Waals surface area contributed by atoms with Gasteiger partial charge in [-0.2, -0.15) is 0 Å². The maximum atomic E-state index is 14.0. The molecule has 1 unspecified atom stereocenters. The Labute approximate surface area is 111 Å². The molecule has 2 N–H and O–H groups in total. The van der Waals surface area contributed by atoms with Gasteiger partial charge < -0.3 is 5.73 Å². The summed E-state index contributed by atoms with van der Waals surface area (Å²) >= 11 is 3.22. The second kappa shape index (κ2) is 5.49. The van der Waals surface area contributed by atoms with Crippen LogP contribution in [0.15, 0.2) is 22.7 Å². The average Bonchev–Trinajstić information content (AvgIpc) is 2.33. The molecule has 0 heterocycles. The zero-order valence-corrected chi connectivity index (χ0v) is 11.7. The summed E-state index contributed by atoms with van der Waals surface area (Å²) < 4.78 is 14.5. The van der Waals surface area contributed by atoms with Crippen LogP contribution >= 0.6 is 15.9 Å². The molecule has 0 bridgehead atoms. The summed E-state index contributed by atoms with van der Waals surface area (Å²) in [6, 6.07) is 5.21. The van der Waals surface area contributed by atoms with Gasteiger partial charge in [0.25, 0.3) is 0 Å². The van der Waals surface area contributed by atoms with E-state index in [1.165, 1.54) is 12.8 Å². The highest BCUT2D eigenvalue weighted by Gasteiger charge is 2.26. The van der Waals surface area contributed by atoms with E-state index in [0.717, 1.165) is 18.8 Å². The van der Waals surface area contributed by atoms with E-state index in [2.05, 4.69) is 22.9 Å². The Morgan fingerprint density at radius 3 is 2.59 bits per heavy atom. The molecule has 1 nitrogen and oxygen atoms in total. The SMILES string of the molecule is CC1CCC(C(N)c2cccc(Br)c2F)CC1. The third kappa shape index (κ3) is 2.89. The third-order valence-electron chi connectivity index (χ3n) is 3.91. The fourth-order valence-corrected chi connectivity index (χ4v) is 3.06. The molecule has 1 aliphatic rings. The van der Waals surface area contributed by atoms with E-state index in [0.29, 0.717) is 16.0 Å². The lowest BCUT2D eigenvalue weighted by molar-refractivity contribution is 0.253. The Hall–Kier alpha value is -0.410. The summed E-state index contributed by atoms with van der Waals surface area (Å²) in [6.07, 6.45) is 4.67. The zero-order chi connectivity index (χ0) is 12.4. The van der Waals surface area contributed by atoms with Crippen LogP contribution in [-0.2, 0) is 0 Å². The van der Waals surface area contributed by atoms with E-state index < -0.39 is 0 Å². The average molecular weight is 300 g/mol. The lowest BCUT2D eigenvalue weighted by atomic mass is 9.77. The van der Waals surface area contributed by atoms with E-state index in [4.69, 9.17) is 5.73 Å². The summed E-state index contributed by atoms with van der Waals surface area (Å²) in [6.45, 7) is 2.28. The molecule has 0 spiro atoms. The second-order valence-electron chi connectivity index (χ2n) is 5.19. The first kappa shape index (κ1) is 13.0. The minimum Gasteiger partial charge on any atom is -0.324 e. The summed E-state index contributed by atoms with van der Waals surface area (Å²) in [4.78, 5) is 0. The van der Waals surface area contributed by atoms with Crippen molar-refractivity contribution in [1.29, 1.82) is 0 Å². The number of hydrogen-bond acceptors (Lipinski definition) is 1. The Balaban J connectivity index is 2.14. The molecule has 2 rings (SSSR count). The van der Waals surface area contributed by atoms with Gasteiger partial charge in [-0.15, -0.1) is 0 Å². The zero-order valence-electron chi connectivity index (χ0n) is 10.1. The maximum absolute atomic E-state index is 14.0. The molecular weight excluding hydrogens is 281 g/mol. The van der Waals surface area contributed by atoms with Gasteiger partial charge >= 0.3 is 0 Å². The summed E-state index contributed by atoms with van der Waals surface area (Å²) in [7, 11) is 0. The van der Waals surface area contributed by atoms with Crippen LogP contribution in [0.2, 0.25) is 0 Å². The van der Waals surface area contributed by atoms with Crippen molar-refractivity contribution in [3.63, 3.8) is 0 Å². The van der Waals surface area contributed by atoms with Gasteiger partial charge in [0.1, 0.15) is 5.82 Å². The standard InChI is InChI=1S/C14H19BrFN/c1-9-5-7-10(8-6-9)14(17)11-3-2-4-12(15)13(11)16/h2-4,9-10,14H,5-8,17H2,1H3. The summed E-state index contributed by atoms with van der Waals surface area (Å²) in [5.41, 5.74) is 6.88. The lowest BCUT2D eigenvalue weighted by Crippen LogP contribution is -2.26. The Morgan fingerprint density at radius 1 is 1.29 bits per heavy atom. The number of halogens is 2. The molecular formula is C14H19BrFN. The van der Waals surface area contributed by atoms with Gasteiger partial charge in [0.05, 0.1) is 4.47 Å². The summed E-state index contributed by atoms with van der Waals surface area (Å²) in [5.74, 6) is 1.03. The van der Waals surface area contributed by atoms with Crippen molar-refractivity contribution < 1.29 is 4.39 Å². The van der Waals surface area contributed by atoms with Gasteiger partial charge in [-0.1, -0.05) is 31.9 Å². The van der Waals surface area contributed by atoms with E-state index in [1.54, 1.807) is 6.07 Å². The molecule has 0 saturated heterocycles. The highest BCUT2D eigenvalue weighted by molar-refractivity contribution is 9.10.